The third kappa shape index (κ3) is 6.91. The Morgan fingerprint density at radius 2 is 2.04 bits per heavy atom. The fraction of sp³-hybridized carbons (Fsp3) is 0.529. The zero-order chi connectivity index (χ0) is 17.2. The normalized spacial score (nSPS) is 12.7. The fourth-order valence-electron chi connectivity index (χ4n) is 1.93. The Balaban J connectivity index is 2.76. The van der Waals surface area contributed by atoms with Crippen molar-refractivity contribution in [1.82, 2.24) is 15.5 Å². The highest BCUT2D eigenvalue weighted by atomic mass is 35.5. The summed E-state index contributed by atoms with van der Waals surface area (Å²) >= 11 is 6.24. The van der Waals surface area contributed by atoms with Crippen LogP contribution in [0.25, 0.3) is 0 Å². The second-order valence-electron chi connectivity index (χ2n) is 5.62. The molecule has 0 heterocycles. The Morgan fingerprint density at radius 1 is 1.35 bits per heavy atom. The Hall–Kier alpha value is -1.75. The molecule has 6 heteroatoms. The summed E-state index contributed by atoms with van der Waals surface area (Å²) in [5.74, 6) is 0.591. The Kier molecular flexibility index (Phi) is 8.48. The number of hydrogen-bond acceptors (Lipinski definition) is 2. The summed E-state index contributed by atoms with van der Waals surface area (Å²) in [5, 5.41) is 7.28. The molecule has 0 bridgehead atoms. The minimum absolute atomic E-state index is 0.00830. The number of halogens is 1. The number of aliphatic imine (C=N–C) groups is 1. The molecule has 0 saturated heterocycles. The van der Waals surface area contributed by atoms with Crippen molar-refractivity contribution < 1.29 is 4.79 Å². The van der Waals surface area contributed by atoms with E-state index in [-0.39, 0.29) is 18.5 Å². The van der Waals surface area contributed by atoms with E-state index in [0.29, 0.717) is 11.0 Å². The number of nitrogens with zero attached hydrogens (tertiary/aromatic N) is 2. The lowest BCUT2D eigenvalue weighted by molar-refractivity contribution is -0.127. The predicted molar refractivity (Wildman–Crippen MR) is 96.9 cm³/mol. The maximum absolute atomic E-state index is 11.7. The van der Waals surface area contributed by atoms with Crippen molar-refractivity contribution >= 4 is 23.5 Å². The van der Waals surface area contributed by atoms with E-state index >= 15 is 0 Å². The molecule has 0 saturated carbocycles. The van der Waals surface area contributed by atoms with Crippen molar-refractivity contribution in [2.24, 2.45) is 4.99 Å². The monoisotopic (exact) mass is 338 g/mol. The van der Waals surface area contributed by atoms with E-state index in [2.05, 4.69) is 22.5 Å². The minimum Gasteiger partial charge on any atom is -0.356 e. The van der Waals surface area contributed by atoms with Crippen LogP contribution in [0.4, 0.5) is 0 Å². The fourth-order valence-corrected chi connectivity index (χ4v) is 2.23. The van der Waals surface area contributed by atoms with Crippen molar-refractivity contribution in [3.8, 4) is 0 Å². The average Bonchev–Trinajstić information content (AvgIpc) is 2.52. The first kappa shape index (κ1) is 19.3. The highest BCUT2D eigenvalue weighted by Gasteiger charge is 2.11. The van der Waals surface area contributed by atoms with Crippen molar-refractivity contribution in [1.29, 1.82) is 0 Å². The van der Waals surface area contributed by atoms with Crippen LogP contribution in [-0.2, 0) is 4.79 Å². The summed E-state index contributed by atoms with van der Waals surface area (Å²) in [5.41, 5.74) is 0.998. The number of carbonyl (C=O) groups excluding carboxylic acids is 1. The molecule has 0 radical (unpaired) electrons. The molecular weight excluding hydrogens is 312 g/mol. The quantitative estimate of drug-likeness (QED) is 0.456. The molecule has 2 N–H and O–H groups in total. The van der Waals surface area contributed by atoms with Crippen molar-refractivity contribution in [3.63, 3.8) is 0 Å². The molecule has 5 nitrogen and oxygen atoms in total. The van der Waals surface area contributed by atoms with Crippen LogP contribution >= 0.6 is 11.6 Å². The van der Waals surface area contributed by atoms with Crippen LogP contribution in [0.3, 0.4) is 0 Å². The summed E-state index contributed by atoms with van der Waals surface area (Å²) in [6.07, 6.45) is 2.14. The Morgan fingerprint density at radius 3 is 2.65 bits per heavy atom. The van der Waals surface area contributed by atoms with E-state index in [1.165, 1.54) is 4.90 Å². The van der Waals surface area contributed by atoms with Gasteiger partial charge in [0.15, 0.2) is 5.96 Å². The summed E-state index contributed by atoms with van der Waals surface area (Å²) in [6, 6.07) is 7.70. The number of rotatable bonds is 7. The van der Waals surface area contributed by atoms with E-state index < -0.39 is 0 Å². The topological polar surface area (TPSA) is 56.7 Å². The number of nitrogens with one attached hydrogen (secondary N) is 2. The number of unbranched alkanes of at least 4 members (excludes halogenated alkanes) is 1. The molecule has 1 aromatic rings. The zero-order valence-corrected chi connectivity index (χ0v) is 15.2. The van der Waals surface area contributed by atoms with Gasteiger partial charge in [-0.1, -0.05) is 43.1 Å². The SMILES string of the molecule is CCCCNC(=NCC(=O)N(C)C)NC(C)c1ccccc1Cl. The molecule has 23 heavy (non-hydrogen) atoms. The minimum atomic E-state index is -0.0352. The summed E-state index contributed by atoms with van der Waals surface area (Å²) in [6.45, 7) is 5.08. The maximum atomic E-state index is 11.7. The maximum Gasteiger partial charge on any atom is 0.243 e. The van der Waals surface area contributed by atoms with Gasteiger partial charge in [0.1, 0.15) is 6.54 Å². The van der Waals surface area contributed by atoms with Crippen molar-refractivity contribution in [3.05, 3.63) is 34.9 Å². The molecule has 0 spiro atoms. The average molecular weight is 339 g/mol. The number of benzene rings is 1. The van der Waals surface area contributed by atoms with Gasteiger partial charge in [0.05, 0.1) is 6.04 Å². The molecule has 1 aromatic carbocycles. The summed E-state index contributed by atoms with van der Waals surface area (Å²) in [4.78, 5) is 17.6. The largest absolute Gasteiger partial charge is 0.356 e. The number of carbonyl (C=O) groups is 1. The second kappa shape index (κ2) is 10.1. The molecule has 1 atom stereocenters. The first-order valence-electron chi connectivity index (χ1n) is 7.95. The van der Waals surface area contributed by atoms with Crippen LogP contribution in [-0.4, -0.2) is 44.0 Å². The van der Waals surface area contributed by atoms with E-state index in [9.17, 15) is 4.79 Å². The first-order valence-corrected chi connectivity index (χ1v) is 8.33. The third-order valence-corrected chi connectivity index (χ3v) is 3.76. The number of hydrogen-bond donors (Lipinski definition) is 2. The van der Waals surface area contributed by atoms with Crippen LogP contribution in [0.5, 0.6) is 0 Å². The van der Waals surface area contributed by atoms with Gasteiger partial charge in [-0.25, -0.2) is 4.99 Å². The third-order valence-electron chi connectivity index (χ3n) is 3.42. The van der Waals surface area contributed by atoms with Gasteiger partial charge in [-0.05, 0) is 25.0 Å². The lowest BCUT2D eigenvalue weighted by atomic mass is 10.1. The molecule has 0 aliphatic carbocycles. The van der Waals surface area contributed by atoms with Crippen molar-refractivity contribution in [2.45, 2.75) is 32.7 Å². The first-order chi connectivity index (χ1) is 11.0. The van der Waals surface area contributed by atoms with E-state index in [0.717, 1.165) is 24.9 Å². The summed E-state index contributed by atoms with van der Waals surface area (Å²) in [7, 11) is 3.45. The van der Waals surface area contributed by atoms with E-state index in [4.69, 9.17) is 11.6 Å². The molecule has 1 unspecified atom stereocenters. The molecule has 1 amide bonds. The van der Waals surface area contributed by atoms with Crippen LogP contribution in [0.15, 0.2) is 29.3 Å². The number of amides is 1. The van der Waals surface area contributed by atoms with Gasteiger partial charge in [0, 0.05) is 25.7 Å². The second-order valence-corrected chi connectivity index (χ2v) is 6.03. The van der Waals surface area contributed by atoms with Crippen LogP contribution in [0.1, 0.15) is 38.3 Å². The molecule has 0 aromatic heterocycles. The molecular formula is C17H27ClN4O. The van der Waals surface area contributed by atoms with Gasteiger partial charge in [-0.3, -0.25) is 4.79 Å². The number of guanidine groups is 1. The smallest absolute Gasteiger partial charge is 0.243 e. The van der Waals surface area contributed by atoms with Crippen LogP contribution in [0, 0.1) is 0 Å². The van der Waals surface area contributed by atoms with E-state index in [1.54, 1.807) is 14.1 Å². The van der Waals surface area contributed by atoms with E-state index in [1.807, 2.05) is 31.2 Å². The van der Waals surface area contributed by atoms with Gasteiger partial charge in [0.25, 0.3) is 0 Å². The lowest BCUT2D eigenvalue weighted by Crippen LogP contribution is -2.40. The van der Waals surface area contributed by atoms with Crippen LogP contribution in [0.2, 0.25) is 5.02 Å². The summed E-state index contributed by atoms with van der Waals surface area (Å²) < 4.78 is 0. The molecule has 0 aliphatic rings. The lowest BCUT2D eigenvalue weighted by Gasteiger charge is -2.20. The van der Waals surface area contributed by atoms with Gasteiger partial charge in [-0.2, -0.15) is 0 Å². The number of likely N-dealkylation sites (N-methyl/N-ethyl adjacent to an activating group) is 1. The molecule has 1 rings (SSSR count). The van der Waals surface area contributed by atoms with Gasteiger partial charge in [-0.15, -0.1) is 0 Å². The molecule has 0 aliphatic heterocycles. The van der Waals surface area contributed by atoms with Gasteiger partial charge >= 0.3 is 0 Å². The van der Waals surface area contributed by atoms with Crippen LogP contribution < -0.4 is 10.6 Å². The molecule has 128 valence electrons. The zero-order valence-electron chi connectivity index (χ0n) is 14.4. The Labute approximate surface area is 144 Å². The van der Waals surface area contributed by atoms with Gasteiger partial charge in [0.2, 0.25) is 5.91 Å². The van der Waals surface area contributed by atoms with Crippen molar-refractivity contribution in [2.75, 3.05) is 27.2 Å². The Bertz CT molecular complexity index is 531. The highest BCUT2D eigenvalue weighted by molar-refractivity contribution is 6.31. The predicted octanol–water partition coefficient (Wildman–Crippen LogP) is 2.82. The molecule has 0 fully saturated rings. The highest BCUT2D eigenvalue weighted by Crippen LogP contribution is 2.21. The van der Waals surface area contributed by atoms with Gasteiger partial charge < -0.3 is 15.5 Å². The standard InChI is InChI=1S/C17H27ClN4O/c1-5-6-11-19-17(20-12-16(23)22(3)4)21-13(2)14-9-7-8-10-15(14)18/h7-10,13H,5-6,11-12H2,1-4H3,(H2,19,20,21).